The number of hydrogen-bond acceptors (Lipinski definition) is 7. The van der Waals surface area contributed by atoms with Gasteiger partial charge in [-0.25, -0.2) is 4.79 Å². The van der Waals surface area contributed by atoms with Gasteiger partial charge in [0.25, 0.3) is 5.69 Å². The Balaban J connectivity index is 1.46. The van der Waals surface area contributed by atoms with Crippen LogP contribution in [0.3, 0.4) is 0 Å². The van der Waals surface area contributed by atoms with E-state index in [9.17, 15) is 29.3 Å². The Bertz CT molecular complexity index is 1210. The molecule has 0 bridgehead atoms. The number of imide groups is 1. The summed E-state index contributed by atoms with van der Waals surface area (Å²) in [6.45, 7) is 1.42. The Morgan fingerprint density at radius 2 is 1.82 bits per heavy atom. The van der Waals surface area contributed by atoms with Gasteiger partial charge < -0.3 is 4.74 Å². The SMILES string of the molecule is C[C@@H]1CC[C@@H]2C(=O)N(c3cccc(C(=O)OCC(=O)c4ccc(Cl)c([N+](=O)[O-])c4)c3)C(=O)[C@H]2C1. The van der Waals surface area contributed by atoms with Gasteiger partial charge in [0.1, 0.15) is 5.02 Å². The van der Waals surface area contributed by atoms with Crippen LogP contribution in [0.4, 0.5) is 11.4 Å². The molecule has 1 heterocycles. The first-order valence-electron chi connectivity index (χ1n) is 10.8. The second kappa shape index (κ2) is 9.34. The number of halogens is 1. The minimum Gasteiger partial charge on any atom is -0.454 e. The Kier molecular flexibility index (Phi) is 6.47. The number of esters is 1. The van der Waals surface area contributed by atoms with Gasteiger partial charge in [-0.2, -0.15) is 0 Å². The van der Waals surface area contributed by atoms with Crippen molar-refractivity contribution >= 4 is 46.5 Å². The summed E-state index contributed by atoms with van der Waals surface area (Å²) in [5, 5.41) is 10.9. The maximum absolute atomic E-state index is 12.9. The molecule has 0 unspecified atom stereocenters. The van der Waals surface area contributed by atoms with Crippen molar-refractivity contribution in [3.05, 3.63) is 68.7 Å². The van der Waals surface area contributed by atoms with Crippen LogP contribution in [0.15, 0.2) is 42.5 Å². The van der Waals surface area contributed by atoms with Gasteiger partial charge >= 0.3 is 5.97 Å². The summed E-state index contributed by atoms with van der Waals surface area (Å²) >= 11 is 5.75. The lowest BCUT2D eigenvalue weighted by Gasteiger charge is -2.25. The lowest BCUT2D eigenvalue weighted by atomic mass is 9.76. The fraction of sp³-hybridized carbons (Fsp3) is 0.333. The molecule has 0 radical (unpaired) electrons. The number of amides is 2. The highest BCUT2D eigenvalue weighted by molar-refractivity contribution is 6.32. The van der Waals surface area contributed by atoms with Crippen LogP contribution >= 0.6 is 11.6 Å². The van der Waals surface area contributed by atoms with E-state index in [0.29, 0.717) is 18.8 Å². The molecule has 4 rings (SSSR count). The van der Waals surface area contributed by atoms with Crippen molar-refractivity contribution in [3.8, 4) is 0 Å². The van der Waals surface area contributed by atoms with Gasteiger partial charge in [0, 0.05) is 11.6 Å². The standard InChI is InChI=1S/C24H21ClN2O7/c1-13-5-7-17-18(9-13)23(30)26(22(17)29)16-4-2-3-15(10-16)24(31)34-12-21(28)14-6-8-19(25)20(11-14)27(32)33/h2-4,6,8,10-11,13,17-18H,5,7,9,12H2,1H3/t13-,17+,18+/m1/s1. The number of ether oxygens (including phenoxy) is 1. The molecule has 2 aromatic carbocycles. The van der Waals surface area contributed by atoms with Crippen LogP contribution in [-0.4, -0.2) is 35.1 Å². The molecule has 0 N–H and O–H groups in total. The van der Waals surface area contributed by atoms with Gasteiger partial charge in [-0.05, 0) is 55.5 Å². The highest BCUT2D eigenvalue weighted by Gasteiger charge is 2.50. The zero-order valence-electron chi connectivity index (χ0n) is 18.2. The molecule has 9 nitrogen and oxygen atoms in total. The minimum atomic E-state index is -0.830. The molecule has 0 spiro atoms. The van der Waals surface area contributed by atoms with E-state index in [1.54, 1.807) is 6.07 Å². The molecule has 34 heavy (non-hydrogen) atoms. The highest BCUT2D eigenvalue weighted by atomic mass is 35.5. The van der Waals surface area contributed by atoms with Crippen molar-refractivity contribution in [2.45, 2.75) is 26.2 Å². The summed E-state index contributed by atoms with van der Waals surface area (Å²) in [6.07, 6.45) is 2.23. The zero-order chi connectivity index (χ0) is 24.6. The van der Waals surface area contributed by atoms with E-state index in [-0.39, 0.29) is 45.5 Å². The molecular weight excluding hydrogens is 464 g/mol. The zero-order valence-corrected chi connectivity index (χ0v) is 19.0. The van der Waals surface area contributed by atoms with Crippen LogP contribution in [0.1, 0.15) is 46.9 Å². The summed E-state index contributed by atoms with van der Waals surface area (Å²) in [6, 6.07) is 9.48. The van der Waals surface area contributed by atoms with Crippen LogP contribution in [-0.2, 0) is 14.3 Å². The first-order chi connectivity index (χ1) is 16.2. The lowest BCUT2D eigenvalue weighted by molar-refractivity contribution is -0.384. The number of anilines is 1. The number of carbonyl (C=O) groups is 4. The van der Waals surface area contributed by atoms with Crippen LogP contribution in [0.2, 0.25) is 5.02 Å². The Morgan fingerprint density at radius 1 is 1.09 bits per heavy atom. The van der Waals surface area contributed by atoms with E-state index in [4.69, 9.17) is 16.3 Å². The van der Waals surface area contributed by atoms with Crippen LogP contribution in [0, 0.1) is 27.9 Å². The van der Waals surface area contributed by atoms with E-state index in [2.05, 4.69) is 6.92 Å². The third-order valence-electron chi connectivity index (χ3n) is 6.33. The van der Waals surface area contributed by atoms with E-state index < -0.39 is 29.0 Å². The lowest BCUT2D eigenvalue weighted by Crippen LogP contribution is -2.31. The summed E-state index contributed by atoms with van der Waals surface area (Å²) in [7, 11) is 0. The van der Waals surface area contributed by atoms with Gasteiger partial charge in [-0.3, -0.25) is 29.4 Å². The number of fused-ring (bicyclic) bond motifs is 1. The molecule has 1 aliphatic heterocycles. The van der Waals surface area contributed by atoms with Crippen molar-refractivity contribution in [3.63, 3.8) is 0 Å². The number of ketones is 1. The van der Waals surface area contributed by atoms with Gasteiger partial charge in [0.2, 0.25) is 17.6 Å². The van der Waals surface area contributed by atoms with Crippen LogP contribution in [0.5, 0.6) is 0 Å². The fourth-order valence-electron chi connectivity index (χ4n) is 4.54. The normalized spacial score (nSPS) is 21.8. The molecule has 10 heteroatoms. The predicted octanol–water partition coefficient (Wildman–Crippen LogP) is 4.21. The maximum Gasteiger partial charge on any atom is 0.338 e. The molecule has 1 saturated carbocycles. The van der Waals surface area contributed by atoms with Crippen molar-refractivity contribution in [1.29, 1.82) is 0 Å². The third-order valence-corrected chi connectivity index (χ3v) is 6.65. The minimum absolute atomic E-state index is 0.0252. The first kappa shape index (κ1) is 23.6. The van der Waals surface area contributed by atoms with E-state index in [0.717, 1.165) is 17.4 Å². The number of carbonyl (C=O) groups excluding carboxylic acids is 4. The topological polar surface area (TPSA) is 124 Å². The number of hydrogen-bond donors (Lipinski definition) is 0. The molecule has 2 aromatic rings. The average Bonchev–Trinajstić information content (AvgIpc) is 3.06. The summed E-state index contributed by atoms with van der Waals surface area (Å²) in [5.41, 5.74) is -0.105. The molecule has 2 amide bonds. The monoisotopic (exact) mass is 484 g/mol. The number of nitro groups is 1. The quantitative estimate of drug-likeness (QED) is 0.198. The molecule has 2 aliphatic rings. The van der Waals surface area contributed by atoms with Crippen molar-refractivity contribution in [1.82, 2.24) is 0 Å². The molecule has 3 atom stereocenters. The van der Waals surface area contributed by atoms with Crippen molar-refractivity contribution < 1.29 is 28.8 Å². The summed E-state index contributed by atoms with van der Waals surface area (Å²) in [4.78, 5) is 62.2. The second-order valence-corrected chi connectivity index (χ2v) is 9.02. The number of benzene rings is 2. The van der Waals surface area contributed by atoms with Gasteiger partial charge in [-0.15, -0.1) is 0 Å². The average molecular weight is 485 g/mol. The van der Waals surface area contributed by atoms with Gasteiger partial charge in [0.05, 0.1) is 28.0 Å². The number of nitrogens with zero attached hydrogens (tertiary/aromatic N) is 2. The van der Waals surface area contributed by atoms with Crippen LogP contribution in [0.25, 0.3) is 0 Å². The molecule has 2 fully saturated rings. The Labute approximate surface area is 199 Å². The first-order valence-corrected chi connectivity index (χ1v) is 11.2. The number of Topliss-reactive ketones (excluding diaryl/α,β-unsaturated/α-hetero) is 1. The second-order valence-electron chi connectivity index (χ2n) is 8.62. The molecule has 0 aromatic heterocycles. The largest absolute Gasteiger partial charge is 0.454 e. The van der Waals surface area contributed by atoms with Crippen molar-refractivity contribution in [2.24, 2.45) is 17.8 Å². The van der Waals surface area contributed by atoms with Crippen LogP contribution < -0.4 is 4.90 Å². The van der Waals surface area contributed by atoms with E-state index >= 15 is 0 Å². The summed E-state index contributed by atoms with van der Waals surface area (Å²) in [5.74, 6) is -2.29. The summed E-state index contributed by atoms with van der Waals surface area (Å²) < 4.78 is 5.08. The molecule has 1 saturated heterocycles. The van der Waals surface area contributed by atoms with Gasteiger partial charge in [0.15, 0.2) is 6.61 Å². The van der Waals surface area contributed by atoms with E-state index in [1.165, 1.54) is 30.3 Å². The number of rotatable bonds is 6. The molecular formula is C24H21ClN2O7. The Hall–Kier alpha value is -3.59. The molecule has 176 valence electrons. The molecule has 1 aliphatic carbocycles. The van der Waals surface area contributed by atoms with E-state index in [1.807, 2.05) is 0 Å². The smallest absolute Gasteiger partial charge is 0.338 e. The highest BCUT2D eigenvalue weighted by Crippen LogP contribution is 2.42. The third kappa shape index (κ3) is 4.43. The predicted molar refractivity (Wildman–Crippen MR) is 122 cm³/mol. The fourth-order valence-corrected chi connectivity index (χ4v) is 4.73. The van der Waals surface area contributed by atoms with Gasteiger partial charge in [-0.1, -0.05) is 24.6 Å². The number of nitro benzene ring substituents is 1. The van der Waals surface area contributed by atoms with Crippen molar-refractivity contribution in [2.75, 3.05) is 11.5 Å². The Morgan fingerprint density at radius 3 is 2.56 bits per heavy atom. The maximum atomic E-state index is 12.9.